The molecule has 76 valence electrons. The first-order chi connectivity index (χ1) is 5.62. The normalized spacial score (nSPS) is 8.93. The van der Waals surface area contributed by atoms with E-state index in [0.29, 0.717) is 0 Å². The zero-order valence-electron chi connectivity index (χ0n) is 6.85. The molecule has 0 spiro atoms. The molecule has 0 aliphatic heterocycles. The summed E-state index contributed by atoms with van der Waals surface area (Å²) < 4.78 is -1.73. The average molecular weight is 440 g/mol. The molecular formula is C3H4BI2NaO7. The van der Waals surface area contributed by atoms with Gasteiger partial charge in [-0.05, 0) is 45.2 Å². The van der Waals surface area contributed by atoms with Crippen molar-refractivity contribution in [2.75, 3.05) is 0 Å². The topological polar surface area (TPSA) is 138 Å². The van der Waals surface area contributed by atoms with Crippen molar-refractivity contribution in [2.24, 2.45) is 0 Å². The van der Waals surface area contributed by atoms with E-state index in [4.69, 9.17) is 25.3 Å². The Bertz CT molecular complexity index is 179. The summed E-state index contributed by atoms with van der Waals surface area (Å²) in [7, 11) is -2.42. The minimum atomic E-state index is -2.42. The third kappa shape index (κ3) is 11.4. The Morgan fingerprint density at radius 3 is 1.29 bits per heavy atom. The van der Waals surface area contributed by atoms with E-state index >= 15 is 0 Å². The number of hydrogen-bond acceptors (Lipinski definition) is 5. The molecule has 0 saturated heterocycles. The van der Waals surface area contributed by atoms with Gasteiger partial charge in [-0.1, -0.05) is 0 Å². The zero-order chi connectivity index (χ0) is 11.2. The minimum Gasteiger partial charge on any atom is -0.832 e. The molecule has 0 bridgehead atoms. The van der Waals surface area contributed by atoms with Gasteiger partial charge in [-0.3, -0.25) is 0 Å². The Hall–Kier alpha value is 1.34. The predicted octanol–water partition coefficient (Wildman–Crippen LogP) is -4.96. The number of carbonyl (C=O) groups is 2. The van der Waals surface area contributed by atoms with Crippen LogP contribution in [0.25, 0.3) is 0 Å². The fourth-order valence-electron chi connectivity index (χ4n) is 0.0915. The number of carboxylic acid groups (broad SMARTS) is 2. The Labute approximate surface area is 129 Å². The van der Waals surface area contributed by atoms with Gasteiger partial charge in [0.25, 0.3) is 1.43 Å². The van der Waals surface area contributed by atoms with Crippen molar-refractivity contribution in [3.05, 3.63) is 0 Å². The van der Waals surface area contributed by atoms with Crippen LogP contribution in [0.3, 0.4) is 0 Å². The van der Waals surface area contributed by atoms with Crippen LogP contribution in [0.4, 0.5) is 0 Å². The van der Waals surface area contributed by atoms with Gasteiger partial charge in [-0.15, -0.1) is 0 Å². The molecule has 0 aliphatic carbocycles. The standard InChI is InChI=1S/C3H2I2O4.BH2O3.Na/c4-3(5,1(6)7)2(8)9;2-1(3)4;/h(H,6,7)(H,8,9);2-3H;/q;-1;+1. The SMILES string of the molecule is O=C(O)C(I)(I)C(=O)O.[Na+].[O-]B(O)O. The van der Waals surface area contributed by atoms with Crippen molar-refractivity contribution in [1.82, 2.24) is 0 Å². The quantitative estimate of drug-likeness (QED) is 0.146. The van der Waals surface area contributed by atoms with Crippen LogP contribution in [-0.4, -0.2) is 40.9 Å². The summed E-state index contributed by atoms with van der Waals surface area (Å²) in [5.41, 5.74) is 0. The van der Waals surface area contributed by atoms with E-state index in [2.05, 4.69) is 0 Å². The second kappa shape index (κ2) is 9.56. The number of carboxylic acids is 2. The summed E-state index contributed by atoms with van der Waals surface area (Å²) in [6.45, 7) is 0. The van der Waals surface area contributed by atoms with Crippen LogP contribution in [0.15, 0.2) is 0 Å². The van der Waals surface area contributed by atoms with Crippen molar-refractivity contribution in [3.63, 3.8) is 0 Å². The fraction of sp³-hybridized carbons (Fsp3) is 0.333. The summed E-state index contributed by atoms with van der Waals surface area (Å²) in [6, 6.07) is 0. The monoisotopic (exact) mass is 440 g/mol. The first kappa shape index (κ1) is 20.7. The molecule has 7 nitrogen and oxygen atoms in total. The molecule has 0 saturated carbocycles. The molecule has 0 fully saturated rings. The van der Waals surface area contributed by atoms with Crippen molar-refractivity contribution in [3.8, 4) is 0 Å². The molecular weight excluding hydrogens is 436 g/mol. The van der Waals surface area contributed by atoms with Crippen LogP contribution in [0.1, 0.15) is 0 Å². The maximum atomic E-state index is 10.1. The molecule has 0 unspecified atom stereocenters. The van der Waals surface area contributed by atoms with E-state index in [1.165, 1.54) is 45.2 Å². The van der Waals surface area contributed by atoms with E-state index in [1.54, 1.807) is 0 Å². The van der Waals surface area contributed by atoms with E-state index in [0.717, 1.165) is 0 Å². The molecule has 0 heterocycles. The van der Waals surface area contributed by atoms with E-state index in [1.807, 2.05) is 0 Å². The molecule has 0 aromatic heterocycles. The van der Waals surface area contributed by atoms with Gasteiger partial charge in [0, 0.05) is 0 Å². The number of rotatable bonds is 2. The van der Waals surface area contributed by atoms with Crippen molar-refractivity contribution >= 4 is 64.4 Å². The summed E-state index contributed by atoms with van der Waals surface area (Å²) in [6.07, 6.45) is 0. The zero-order valence-corrected chi connectivity index (χ0v) is 13.2. The van der Waals surface area contributed by atoms with Gasteiger partial charge in [-0.2, -0.15) is 0 Å². The molecule has 0 radical (unpaired) electrons. The van der Waals surface area contributed by atoms with Gasteiger partial charge in [0.15, 0.2) is 0 Å². The summed E-state index contributed by atoms with van der Waals surface area (Å²) in [4.78, 5) is 20.1. The van der Waals surface area contributed by atoms with Gasteiger partial charge >= 0.3 is 48.8 Å². The Morgan fingerprint density at radius 2 is 1.29 bits per heavy atom. The van der Waals surface area contributed by atoms with Crippen LogP contribution in [0.2, 0.25) is 0 Å². The number of hydrogen-bond donors (Lipinski definition) is 4. The second-order valence-electron chi connectivity index (χ2n) is 1.51. The van der Waals surface area contributed by atoms with Crippen molar-refractivity contribution in [1.29, 1.82) is 0 Å². The first-order valence-corrected chi connectivity index (χ1v) is 4.64. The van der Waals surface area contributed by atoms with Crippen LogP contribution >= 0.6 is 45.2 Å². The third-order valence-corrected chi connectivity index (χ3v) is 2.38. The largest absolute Gasteiger partial charge is 1.00 e. The van der Waals surface area contributed by atoms with Gasteiger partial charge in [0.1, 0.15) is 0 Å². The molecule has 0 atom stereocenters. The number of aliphatic carboxylic acids is 2. The van der Waals surface area contributed by atoms with Crippen molar-refractivity contribution in [2.45, 2.75) is 1.43 Å². The number of halogens is 2. The van der Waals surface area contributed by atoms with Crippen LogP contribution in [0, 0.1) is 0 Å². The Morgan fingerprint density at radius 1 is 1.14 bits per heavy atom. The second-order valence-corrected chi connectivity index (χ2v) is 6.81. The van der Waals surface area contributed by atoms with Crippen molar-refractivity contribution < 1.29 is 64.4 Å². The fourth-order valence-corrected chi connectivity index (χ4v) is 0.0915. The van der Waals surface area contributed by atoms with Gasteiger partial charge in [0.2, 0.25) is 0 Å². The maximum Gasteiger partial charge on any atom is 1.00 e. The summed E-state index contributed by atoms with van der Waals surface area (Å²) >= 11 is 2.69. The molecule has 4 N–H and O–H groups in total. The number of alkyl halides is 2. The van der Waals surface area contributed by atoms with E-state index in [-0.39, 0.29) is 29.6 Å². The molecule has 0 aromatic rings. The third-order valence-electron chi connectivity index (χ3n) is 0.537. The van der Waals surface area contributed by atoms with Gasteiger partial charge < -0.3 is 25.3 Å². The first-order valence-electron chi connectivity index (χ1n) is 2.49. The summed E-state index contributed by atoms with van der Waals surface area (Å²) in [5, 5.41) is 39.2. The van der Waals surface area contributed by atoms with Crippen LogP contribution < -0.4 is 34.6 Å². The average Bonchev–Trinajstić information content (AvgIpc) is 1.85. The smallest absolute Gasteiger partial charge is 0.832 e. The van der Waals surface area contributed by atoms with Gasteiger partial charge in [0.05, 0.1) is 0 Å². The molecule has 0 aromatic carbocycles. The van der Waals surface area contributed by atoms with E-state index in [9.17, 15) is 9.59 Å². The minimum absolute atomic E-state index is 0. The van der Waals surface area contributed by atoms with Gasteiger partial charge in [-0.25, -0.2) is 9.59 Å². The summed E-state index contributed by atoms with van der Waals surface area (Å²) in [5.74, 6) is -2.70. The maximum absolute atomic E-state index is 10.1. The molecule has 0 rings (SSSR count). The molecule has 14 heavy (non-hydrogen) atoms. The van der Waals surface area contributed by atoms with E-state index < -0.39 is 20.7 Å². The Kier molecular flexibility index (Phi) is 14.2. The molecule has 0 aliphatic rings. The Balaban J connectivity index is -0.000000209. The molecule has 0 amide bonds. The molecule has 11 heteroatoms. The van der Waals surface area contributed by atoms with Crippen LogP contribution in [-0.2, 0) is 9.59 Å². The van der Waals surface area contributed by atoms with Crippen LogP contribution in [0.5, 0.6) is 0 Å². The predicted molar refractivity (Wildman–Crippen MR) is 56.2 cm³/mol.